The van der Waals surface area contributed by atoms with Crippen LogP contribution in [0.2, 0.25) is 0 Å². The first-order chi connectivity index (χ1) is 7.35. The standard InChI is InChI=1S/C10H19F3N2O/c1-9(7-14-2)3-4-15(8-9)5-6-16-10(11,12)13/h14H,3-8H2,1-2H3. The average Bonchev–Trinajstić information content (AvgIpc) is 2.46. The lowest BCUT2D eigenvalue weighted by atomic mass is 9.90. The lowest BCUT2D eigenvalue weighted by Crippen LogP contribution is -2.34. The van der Waals surface area contributed by atoms with Gasteiger partial charge >= 0.3 is 6.36 Å². The van der Waals surface area contributed by atoms with Crippen LogP contribution in [0.25, 0.3) is 0 Å². The molecule has 0 aromatic rings. The van der Waals surface area contributed by atoms with Gasteiger partial charge in [0, 0.05) is 19.6 Å². The van der Waals surface area contributed by atoms with Crippen LogP contribution in [-0.4, -0.2) is 51.1 Å². The quantitative estimate of drug-likeness (QED) is 0.787. The van der Waals surface area contributed by atoms with Crippen molar-refractivity contribution >= 4 is 0 Å². The number of nitrogens with one attached hydrogen (secondary N) is 1. The molecule has 1 unspecified atom stereocenters. The van der Waals surface area contributed by atoms with Gasteiger partial charge in [0.1, 0.15) is 0 Å². The van der Waals surface area contributed by atoms with Crippen LogP contribution in [0.1, 0.15) is 13.3 Å². The zero-order valence-corrected chi connectivity index (χ0v) is 9.73. The molecule has 1 aliphatic heterocycles. The molecule has 0 saturated carbocycles. The summed E-state index contributed by atoms with van der Waals surface area (Å²) in [6, 6.07) is 0. The molecular formula is C10H19F3N2O. The molecule has 1 aliphatic rings. The highest BCUT2D eigenvalue weighted by Crippen LogP contribution is 2.28. The minimum Gasteiger partial charge on any atom is -0.319 e. The summed E-state index contributed by atoms with van der Waals surface area (Å²) in [5, 5.41) is 3.11. The van der Waals surface area contributed by atoms with Gasteiger partial charge in [-0.2, -0.15) is 0 Å². The Morgan fingerprint density at radius 2 is 2.12 bits per heavy atom. The molecule has 0 amide bonds. The molecule has 1 N–H and O–H groups in total. The predicted octanol–water partition coefficient (Wildman–Crippen LogP) is 1.45. The Bertz CT molecular complexity index is 223. The highest BCUT2D eigenvalue weighted by Gasteiger charge is 2.34. The summed E-state index contributed by atoms with van der Waals surface area (Å²) in [7, 11) is 1.89. The lowest BCUT2D eigenvalue weighted by molar-refractivity contribution is -0.324. The maximum absolute atomic E-state index is 11.8. The summed E-state index contributed by atoms with van der Waals surface area (Å²) < 4.78 is 39.0. The molecular weight excluding hydrogens is 221 g/mol. The second-order valence-electron chi connectivity index (χ2n) is 4.66. The van der Waals surface area contributed by atoms with Crippen molar-refractivity contribution in [3.63, 3.8) is 0 Å². The van der Waals surface area contributed by atoms with Crippen molar-refractivity contribution in [2.45, 2.75) is 19.7 Å². The summed E-state index contributed by atoms with van der Waals surface area (Å²) in [6.07, 6.45) is -3.49. The fraction of sp³-hybridized carbons (Fsp3) is 1.00. The molecule has 0 spiro atoms. The number of alkyl halides is 3. The molecule has 1 saturated heterocycles. The maximum atomic E-state index is 11.8. The van der Waals surface area contributed by atoms with Crippen LogP contribution in [0.3, 0.4) is 0 Å². The van der Waals surface area contributed by atoms with E-state index in [2.05, 4.69) is 17.0 Å². The molecule has 0 aliphatic carbocycles. The zero-order valence-electron chi connectivity index (χ0n) is 9.73. The molecule has 1 heterocycles. The third-order valence-corrected chi connectivity index (χ3v) is 2.91. The van der Waals surface area contributed by atoms with Crippen LogP contribution in [0.15, 0.2) is 0 Å². The summed E-state index contributed by atoms with van der Waals surface area (Å²) in [6.45, 7) is 4.78. The van der Waals surface area contributed by atoms with Crippen molar-refractivity contribution < 1.29 is 17.9 Å². The van der Waals surface area contributed by atoms with Gasteiger partial charge in [-0.15, -0.1) is 13.2 Å². The Hall–Kier alpha value is -0.330. The normalized spacial score (nSPS) is 27.6. The molecule has 0 aromatic heterocycles. The van der Waals surface area contributed by atoms with Gasteiger partial charge in [-0.05, 0) is 25.4 Å². The Balaban J connectivity index is 2.21. The van der Waals surface area contributed by atoms with Crippen LogP contribution in [-0.2, 0) is 4.74 Å². The monoisotopic (exact) mass is 240 g/mol. The van der Waals surface area contributed by atoms with E-state index in [1.54, 1.807) is 0 Å². The van der Waals surface area contributed by atoms with E-state index in [-0.39, 0.29) is 12.0 Å². The van der Waals surface area contributed by atoms with Crippen molar-refractivity contribution in [3.8, 4) is 0 Å². The Morgan fingerprint density at radius 3 is 2.69 bits per heavy atom. The summed E-state index contributed by atoms with van der Waals surface area (Å²) in [4.78, 5) is 2.02. The van der Waals surface area contributed by atoms with Crippen molar-refractivity contribution in [3.05, 3.63) is 0 Å². The molecule has 96 valence electrons. The van der Waals surface area contributed by atoms with E-state index in [1.807, 2.05) is 11.9 Å². The molecule has 0 bridgehead atoms. The number of ether oxygens (including phenoxy) is 1. The van der Waals surface area contributed by atoms with Crippen LogP contribution in [0.5, 0.6) is 0 Å². The van der Waals surface area contributed by atoms with Gasteiger partial charge in [0.05, 0.1) is 6.61 Å². The van der Waals surface area contributed by atoms with Crippen LogP contribution >= 0.6 is 0 Å². The molecule has 1 atom stereocenters. The first-order valence-corrected chi connectivity index (χ1v) is 5.42. The summed E-state index contributed by atoms with van der Waals surface area (Å²) >= 11 is 0. The third kappa shape index (κ3) is 4.67. The molecule has 0 radical (unpaired) electrons. The first kappa shape index (κ1) is 13.7. The van der Waals surface area contributed by atoms with Gasteiger partial charge in [0.2, 0.25) is 0 Å². The number of hydrogen-bond acceptors (Lipinski definition) is 3. The second-order valence-corrected chi connectivity index (χ2v) is 4.66. The van der Waals surface area contributed by atoms with Crippen LogP contribution in [0.4, 0.5) is 13.2 Å². The smallest absolute Gasteiger partial charge is 0.319 e. The van der Waals surface area contributed by atoms with E-state index in [0.717, 1.165) is 26.1 Å². The number of nitrogens with zero attached hydrogens (tertiary/aromatic N) is 1. The fourth-order valence-corrected chi connectivity index (χ4v) is 2.18. The molecule has 1 fully saturated rings. The molecule has 6 heteroatoms. The SMILES string of the molecule is CNCC1(C)CCN(CCOC(F)(F)F)C1. The number of likely N-dealkylation sites (tertiary alicyclic amines) is 1. The van der Waals surface area contributed by atoms with E-state index in [0.29, 0.717) is 6.54 Å². The van der Waals surface area contributed by atoms with Gasteiger partial charge in [0.25, 0.3) is 0 Å². The highest BCUT2D eigenvalue weighted by molar-refractivity contribution is 4.87. The zero-order chi connectivity index (χ0) is 12.2. The van der Waals surface area contributed by atoms with Gasteiger partial charge in [-0.3, -0.25) is 4.74 Å². The van der Waals surface area contributed by atoms with E-state index in [1.165, 1.54) is 0 Å². The third-order valence-electron chi connectivity index (χ3n) is 2.91. The Morgan fingerprint density at radius 1 is 1.44 bits per heavy atom. The molecule has 0 aromatic carbocycles. The van der Waals surface area contributed by atoms with E-state index >= 15 is 0 Å². The minimum absolute atomic E-state index is 0.174. The number of hydrogen-bond donors (Lipinski definition) is 1. The van der Waals surface area contributed by atoms with Crippen molar-refractivity contribution in [2.24, 2.45) is 5.41 Å². The van der Waals surface area contributed by atoms with E-state index in [9.17, 15) is 13.2 Å². The maximum Gasteiger partial charge on any atom is 0.522 e. The van der Waals surface area contributed by atoms with Crippen molar-refractivity contribution in [1.29, 1.82) is 0 Å². The van der Waals surface area contributed by atoms with Crippen LogP contribution in [0, 0.1) is 5.41 Å². The topological polar surface area (TPSA) is 24.5 Å². The minimum atomic E-state index is -4.51. The summed E-state index contributed by atoms with van der Waals surface area (Å²) in [5.74, 6) is 0. The largest absolute Gasteiger partial charge is 0.522 e. The highest BCUT2D eigenvalue weighted by atomic mass is 19.4. The molecule has 1 rings (SSSR count). The predicted molar refractivity (Wildman–Crippen MR) is 55.1 cm³/mol. The Kier molecular flexibility index (Phi) is 4.58. The van der Waals surface area contributed by atoms with Gasteiger partial charge in [-0.1, -0.05) is 6.92 Å². The second kappa shape index (κ2) is 5.33. The van der Waals surface area contributed by atoms with Crippen molar-refractivity contribution in [1.82, 2.24) is 10.2 Å². The summed E-state index contributed by atoms with van der Waals surface area (Å²) in [5.41, 5.74) is 0.174. The van der Waals surface area contributed by atoms with Gasteiger partial charge in [0.15, 0.2) is 0 Å². The number of rotatable bonds is 5. The lowest BCUT2D eigenvalue weighted by Gasteiger charge is -2.24. The molecule has 16 heavy (non-hydrogen) atoms. The Labute approximate surface area is 93.9 Å². The average molecular weight is 240 g/mol. The van der Waals surface area contributed by atoms with Gasteiger partial charge < -0.3 is 10.2 Å². The number of halogens is 3. The molecule has 3 nitrogen and oxygen atoms in total. The van der Waals surface area contributed by atoms with Crippen LogP contribution < -0.4 is 5.32 Å². The fourth-order valence-electron chi connectivity index (χ4n) is 2.18. The van der Waals surface area contributed by atoms with Crippen molar-refractivity contribution in [2.75, 3.05) is 39.8 Å². The van der Waals surface area contributed by atoms with Gasteiger partial charge in [-0.25, -0.2) is 0 Å². The van der Waals surface area contributed by atoms with E-state index in [4.69, 9.17) is 0 Å². The first-order valence-electron chi connectivity index (χ1n) is 5.42. The van der Waals surface area contributed by atoms with E-state index < -0.39 is 6.36 Å².